The number of anilines is 1. The smallest absolute Gasteiger partial charge is 0.395 e. The molecular weight excluding hydrogens is 295 g/mol. The van der Waals surface area contributed by atoms with Gasteiger partial charge in [-0.3, -0.25) is 0 Å². The quantitative estimate of drug-likeness (QED) is 0.590. The van der Waals surface area contributed by atoms with Crippen molar-refractivity contribution in [3.63, 3.8) is 0 Å². The predicted octanol–water partition coefficient (Wildman–Crippen LogP) is 2.19. The third kappa shape index (κ3) is 1.38. The van der Waals surface area contributed by atoms with E-state index in [1.807, 2.05) is 22.6 Å². The van der Waals surface area contributed by atoms with E-state index in [-0.39, 0.29) is 17.2 Å². The molecule has 1 aromatic rings. The summed E-state index contributed by atoms with van der Waals surface area (Å²) in [5.41, 5.74) is 5.69. The molecule has 0 amide bonds. The van der Waals surface area contributed by atoms with Gasteiger partial charge < -0.3 is 15.2 Å². The van der Waals surface area contributed by atoms with Gasteiger partial charge in [-0.15, -0.1) is 8.78 Å². The number of benzene rings is 1. The Morgan fingerprint density at radius 3 is 2.69 bits per heavy atom. The van der Waals surface area contributed by atoms with Gasteiger partial charge in [0, 0.05) is 3.57 Å². The Labute approximate surface area is 86.0 Å². The van der Waals surface area contributed by atoms with Gasteiger partial charge in [0.25, 0.3) is 0 Å². The van der Waals surface area contributed by atoms with Gasteiger partial charge in [-0.1, -0.05) is 0 Å². The highest BCUT2D eigenvalue weighted by Gasteiger charge is 2.44. The Bertz CT molecular complexity index is 370. The second kappa shape index (κ2) is 2.60. The van der Waals surface area contributed by atoms with E-state index in [4.69, 9.17) is 5.73 Å². The Morgan fingerprint density at radius 2 is 2.00 bits per heavy atom. The summed E-state index contributed by atoms with van der Waals surface area (Å²) in [6.07, 6.45) is -3.60. The second-order valence-corrected chi connectivity index (χ2v) is 3.62. The highest BCUT2D eigenvalue weighted by atomic mass is 127. The van der Waals surface area contributed by atoms with Crippen molar-refractivity contribution in [1.82, 2.24) is 0 Å². The van der Waals surface area contributed by atoms with Crippen LogP contribution in [0.4, 0.5) is 14.5 Å². The van der Waals surface area contributed by atoms with Crippen LogP contribution in [0, 0.1) is 3.57 Å². The molecule has 0 fully saturated rings. The first kappa shape index (κ1) is 8.79. The molecule has 0 bridgehead atoms. The fourth-order valence-electron chi connectivity index (χ4n) is 1.01. The molecule has 0 radical (unpaired) electrons. The van der Waals surface area contributed by atoms with E-state index in [1.165, 1.54) is 6.07 Å². The van der Waals surface area contributed by atoms with Crippen molar-refractivity contribution >= 4 is 28.3 Å². The van der Waals surface area contributed by atoms with Crippen LogP contribution in [0.5, 0.6) is 11.5 Å². The van der Waals surface area contributed by atoms with Gasteiger partial charge in [-0.05, 0) is 34.7 Å². The molecular formula is C7H4F2INO2. The van der Waals surface area contributed by atoms with Gasteiger partial charge in [-0.25, -0.2) is 0 Å². The van der Waals surface area contributed by atoms with Gasteiger partial charge in [0.05, 0.1) is 5.69 Å². The first-order valence-corrected chi connectivity index (χ1v) is 4.41. The summed E-state index contributed by atoms with van der Waals surface area (Å²) in [6.45, 7) is 0. The second-order valence-electron chi connectivity index (χ2n) is 2.46. The van der Waals surface area contributed by atoms with Gasteiger partial charge in [0.1, 0.15) is 0 Å². The zero-order valence-corrected chi connectivity index (χ0v) is 8.34. The van der Waals surface area contributed by atoms with E-state index in [1.54, 1.807) is 6.07 Å². The van der Waals surface area contributed by atoms with E-state index in [9.17, 15) is 8.78 Å². The Balaban J connectivity index is 2.53. The molecule has 0 aliphatic carbocycles. The summed E-state index contributed by atoms with van der Waals surface area (Å²) in [5.74, 6) is -0.111. The molecule has 6 heteroatoms. The van der Waals surface area contributed by atoms with Crippen LogP contribution in [0.2, 0.25) is 0 Å². The lowest BCUT2D eigenvalue weighted by Gasteiger charge is -2.05. The van der Waals surface area contributed by atoms with Crippen LogP contribution in [0.15, 0.2) is 12.1 Å². The first-order valence-electron chi connectivity index (χ1n) is 3.33. The number of nitrogens with two attached hydrogens (primary N) is 1. The summed E-state index contributed by atoms with van der Waals surface area (Å²) in [5, 5.41) is 0. The maximum atomic E-state index is 12.5. The highest BCUT2D eigenvalue weighted by molar-refractivity contribution is 14.1. The molecule has 2 rings (SSSR count). The lowest BCUT2D eigenvalue weighted by molar-refractivity contribution is -0.286. The molecule has 3 nitrogen and oxygen atoms in total. The number of hydrogen-bond donors (Lipinski definition) is 1. The van der Waals surface area contributed by atoms with Crippen molar-refractivity contribution in [3.8, 4) is 11.5 Å². The van der Waals surface area contributed by atoms with Crippen molar-refractivity contribution in [2.24, 2.45) is 0 Å². The normalized spacial score (nSPS) is 17.5. The third-order valence-corrected chi connectivity index (χ3v) is 2.50. The average Bonchev–Trinajstić information content (AvgIpc) is 2.34. The zero-order valence-electron chi connectivity index (χ0n) is 6.18. The summed E-state index contributed by atoms with van der Waals surface area (Å²) >= 11 is 1.92. The Hall–Kier alpha value is -0.790. The molecule has 1 heterocycles. The maximum Gasteiger partial charge on any atom is 0.586 e. The van der Waals surface area contributed by atoms with E-state index in [2.05, 4.69) is 9.47 Å². The molecule has 1 aliphatic heterocycles. The first-order chi connectivity index (χ1) is 5.99. The number of ether oxygens (including phenoxy) is 2. The molecule has 1 aromatic carbocycles. The molecule has 2 N–H and O–H groups in total. The Morgan fingerprint density at radius 1 is 1.31 bits per heavy atom. The van der Waals surface area contributed by atoms with Crippen molar-refractivity contribution in [2.45, 2.75) is 6.29 Å². The summed E-state index contributed by atoms with van der Waals surface area (Å²) < 4.78 is 34.2. The van der Waals surface area contributed by atoms with E-state index in [0.717, 1.165) is 0 Å². The van der Waals surface area contributed by atoms with Crippen LogP contribution in [-0.4, -0.2) is 6.29 Å². The van der Waals surface area contributed by atoms with Gasteiger partial charge in [0.2, 0.25) is 0 Å². The lowest BCUT2D eigenvalue weighted by atomic mass is 10.3. The third-order valence-electron chi connectivity index (χ3n) is 1.56. The van der Waals surface area contributed by atoms with Crippen LogP contribution in [0.3, 0.4) is 0 Å². The van der Waals surface area contributed by atoms with Crippen molar-refractivity contribution in [3.05, 3.63) is 15.7 Å². The van der Waals surface area contributed by atoms with Gasteiger partial charge in [0.15, 0.2) is 11.5 Å². The molecule has 0 atom stereocenters. The maximum absolute atomic E-state index is 12.5. The minimum absolute atomic E-state index is 0.0251. The van der Waals surface area contributed by atoms with Crippen molar-refractivity contribution < 1.29 is 18.3 Å². The van der Waals surface area contributed by atoms with Crippen LogP contribution in [0.1, 0.15) is 0 Å². The predicted molar refractivity (Wildman–Crippen MR) is 49.8 cm³/mol. The number of hydrogen-bond acceptors (Lipinski definition) is 3. The number of halogens is 3. The van der Waals surface area contributed by atoms with Crippen molar-refractivity contribution in [2.75, 3.05) is 5.73 Å². The fourth-order valence-corrected chi connectivity index (χ4v) is 1.43. The number of fused-ring (bicyclic) bond motifs is 1. The fraction of sp³-hybridized carbons (Fsp3) is 0.143. The standard InChI is InChI=1S/C7H4F2INO2/c8-7(9)12-4-2-1-3(10)5(11)6(4)13-7/h1-2H,11H2. The largest absolute Gasteiger partial charge is 0.586 e. The average molecular weight is 299 g/mol. The van der Waals surface area contributed by atoms with Crippen LogP contribution in [0.25, 0.3) is 0 Å². The van der Waals surface area contributed by atoms with Crippen LogP contribution in [-0.2, 0) is 0 Å². The highest BCUT2D eigenvalue weighted by Crippen LogP contribution is 2.46. The molecule has 0 spiro atoms. The topological polar surface area (TPSA) is 44.5 Å². The van der Waals surface area contributed by atoms with Crippen LogP contribution >= 0.6 is 22.6 Å². The number of nitrogen functional groups attached to an aromatic ring is 1. The molecule has 70 valence electrons. The molecule has 0 saturated heterocycles. The van der Waals surface area contributed by atoms with Crippen LogP contribution < -0.4 is 15.2 Å². The molecule has 13 heavy (non-hydrogen) atoms. The molecule has 0 unspecified atom stereocenters. The van der Waals surface area contributed by atoms with E-state index >= 15 is 0 Å². The number of rotatable bonds is 0. The summed E-state index contributed by atoms with van der Waals surface area (Å²) in [7, 11) is 0. The monoisotopic (exact) mass is 299 g/mol. The minimum atomic E-state index is -3.60. The molecule has 1 aliphatic rings. The minimum Gasteiger partial charge on any atom is -0.395 e. The summed E-state index contributed by atoms with van der Waals surface area (Å²) in [4.78, 5) is 0. The van der Waals surface area contributed by atoms with Gasteiger partial charge >= 0.3 is 6.29 Å². The number of alkyl halides is 2. The van der Waals surface area contributed by atoms with E-state index in [0.29, 0.717) is 3.57 Å². The van der Waals surface area contributed by atoms with Crippen molar-refractivity contribution in [1.29, 1.82) is 0 Å². The molecule has 0 saturated carbocycles. The molecule has 0 aromatic heterocycles. The SMILES string of the molecule is Nc1c(I)ccc2c1OC(F)(F)O2. The zero-order chi connectivity index (χ0) is 9.64. The van der Waals surface area contributed by atoms with E-state index < -0.39 is 6.29 Å². The lowest BCUT2D eigenvalue weighted by Crippen LogP contribution is -2.26. The summed E-state index contributed by atoms with van der Waals surface area (Å²) in [6, 6.07) is 2.98. The Kier molecular flexibility index (Phi) is 1.76. The van der Waals surface area contributed by atoms with Gasteiger partial charge in [-0.2, -0.15) is 0 Å².